The van der Waals surface area contributed by atoms with Crippen molar-refractivity contribution in [1.29, 1.82) is 0 Å². The van der Waals surface area contributed by atoms with Crippen molar-refractivity contribution in [1.82, 2.24) is 10.2 Å². The van der Waals surface area contributed by atoms with Gasteiger partial charge in [0.25, 0.3) is 11.8 Å². The molecule has 5 heteroatoms. The molecule has 0 bridgehead atoms. The van der Waals surface area contributed by atoms with Crippen LogP contribution in [0.2, 0.25) is 0 Å². The first-order valence-electron chi connectivity index (χ1n) is 10.5. The molecular weight excluding hydrogens is 386 g/mol. The van der Waals surface area contributed by atoms with Gasteiger partial charge in [0.05, 0.1) is 7.05 Å². The summed E-state index contributed by atoms with van der Waals surface area (Å²) in [5.74, 6) is 0.0204. The largest absolute Gasteiger partial charge is 0.355 e. The summed E-state index contributed by atoms with van der Waals surface area (Å²) in [6, 6.07) is 27.7. The van der Waals surface area contributed by atoms with Gasteiger partial charge in [0.1, 0.15) is 6.54 Å². The van der Waals surface area contributed by atoms with Crippen LogP contribution in [0.15, 0.2) is 84.9 Å². The number of nitrogens with one attached hydrogen (secondary N) is 2. The lowest BCUT2D eigenvalue weighted by atomic mass is 10.1. The number of benzene rings is 3. The molecule has 0 aliphatic heterocycles. The monoisotopic (exact) mass is 416 g/mol. The highest BCUT2D eigenvalue weighted by Gasteiger charge is 2.19. The molecule has 0 spiro atoms. The van der Waals surface area contributed by atoms with Crippen LogP contribution in [0.25, 0.3) is 0 Å². The third kappa shape index (κ3) is 6.79. The van der Waals surface area contributed by atoms with Crippen LogP contribution in [-0.2, 0) is 24.4 Å². The van der Waals surface area contributed by atoms with Crippen LogP contribution in [0.5, 0.6) is 0 Å². The minimum atomic E-state index is -0.0973. The average Bonchev–Trinajstić information content (AvgIpc) is 2.80. The van der Waals surface area contributed by atoms with Gasteiger partial charge in [0.2, 0.25) is 0 Å². The van der Waals surface area contributed by atoms with E-state index >= 15 is 0 Å². The molecule has 2 amide bonds. The van der Waals surface area contributed by atoms with E-state index in [2.05, 4.69) is 29.6 Å². The predicted molar refractivity (Wildman–Crippen MR) is 122 cm³/mol. The van der Waals surface area contributed by atoms with E-state index in [1.54, 1.807) is 7.05 Å². The van der Waals surface area contributed by atoms with Gasteiger partial charge in [-0.25, -0.2) is 0 Å². The summed E-state index contributed by atoms with van der Waals surface area (Å²) in [7, 11) is 3.64. The van der Waals surface area contributed by atoms with Gasteiger partial charge in [0, 0.05) is 31.3 Å². The molecule has 1 unspecified atom stereocenters. The van der Waals surface area contributed by atoms with Crippen molar-refractivity contribution in [3.8, 4) is 0 Å². The molecular formula is C26H30N3O2+. The number of hydrogen-bond acceptors (Lipinski definition) is 2. The van der Waals surface area contributed by atoms with Crippen molar-refractivity contribution >= 4 is 11.8 Å². The Balaban J connectivity index is 1.64. The van der Waals surface area contributed by atoms with Crippen molar-refractivity contribution in [3.05, 3.63) is 107 Å². The standard InChI is InChI=1S/C26H29N3O2/c1-27-26(31)24-15-13-23(14-16-24)17-28(2)20-25(30)29(18-21-9-5-3-6-10-21)19-22-11-7-4-8-12-22/h3-16H,17-20H2,1-2H3,(H,27,31)/p+1. The Bertz CT molecular complexity index is 931. The van der Waals surface area contributed by atoms with Gasteiger partial charge in [-0.2, -0.15) is 0 Å². The number of amides is 2. The van der Waals surface area contributed by atoms with Gasteiger partial charge < -0.3 is 15.1 Å². The number of hydrogen-bond donors (Lipinski definition) is 2. The maximum absolute atomic E-state index is 13.2. The number of carbonyl (C=O) groups excluding carboxylic acids is 2. The second-order valence-corrected chi connectivity index (χ2v) is 7.81. The fourth-order valence-electron chi connectivity index (χ4n) is 3.54. The fourth-order valence-corrected chi connectivity index (χ4v) is 3.54. The van der Waals surface area contributed by atoms with Crippen molar-refractivity contribution in [3.63, 3.8) is 0 Å². The van der Waals surface area contributed by atoms with Gasteiger partial charge in [-0.15, -0.1) is 0 Å². The van der Waals surface area contributed by atoms with Crippen LogP contribution in [0, 0.1) is 0 Å². The van der Waals surface area contributed by atoms with Crippen LogP contribution in [0.1, 0.15) is 27.0 Å². The molecule has 3 aromatic carbocycles. The van der Waals surface area contributed by atoms with E-state index in [0.29, 0.717) is 31.7 Å². The molecule has 2 N–H and O–H groups in total. The maximum Gasteiger partial charge on any atom is 0.278 e. The molecule has 0 heterocycles. The molecule has 0 aliphatic carbocycles. The molecule has 3 aromatic rings. The minimum Gasteiger partial charge on any atom is -0.355 e. The van der Waals surface area contributed by atoms with E-state index in [1.165, 1.54) is 0 Å². The van der Waals surface area contributed by atoms with Crippen molar-refractivity contribution in [2.24, 2.45) is 0 Å². The van der Waals surface area contributed by atoms with E-state index in [4.69, 9.17) is 0 Å². The third-order valence-corrected chi connectivity index (χ3v) is 5.19. The van der Waals surface area contributed by atoms with E-state index in [0.717, 1.165) is 21.6 Å². The molecule has 160 valence electrons. The lowest BCUT2D eigenvalue weighted by Crippen LogP contribution is -3.08. The van der Waals surface area contributed by atoms with Gasteiger partial charge in [0.15, 0.2) is 6.54 Å². The Morgan fingerprint density at radius 3 is 1.77 bits per heavy atom. The average molecular weight is 417 g/mol. The summed E-state index contributed by atoms with van der Waals surface area (Å²) in [5, 5.41) is 2.63. The third-order valence-electron chi connectivity index (χ3n) is 5.19. The van der Waals surface area contributed by atoms with Gasteiger partial charge in [-0.1, -0.05) is 72.8 Å². The second-order valence-electron chi connectivity index (χ2n) is 7.81. The topological polar surface area (TPSA) is 53.9 Å². The molecule has 0 saturated carbocycles. The highest BCUT2D eigenvalue weighted by Crippen LogP contribution is 2.10. The molecule has 0 radical (unpaired) electrons. The summed E-state index contributed by atoms with van der Waals surface area (Å²) < 4.78 is 0. The fraction of sp³-hybridized carbons (Fsp3) is 0.231. The Kier molecular flexibility index (Phi) is 7.96. The summed E-state index contributed by atoms with van der Waals surface area (Å²) in [6.07, 6.45) is 0. The van der Waals surface area contributed by atoms with Gasteiger partial charge in [-0.05, 0) is 23.3 Å². The molecule has 31 heavy (non-hydrogen) atoms. The summed E-state index contributed by atoms with van der Waals surface area (Å²) >= 11 is 0. The number of carbonyl (C=O) groups is 2. The van der Waals surface area contributed by atoms with Crippen LogP contribution in [-0.4, -0.2) is 37.4 Å². The number of likely N-dealkylation sites (N-methyl/N-ethyl adjacent to an activating group) is 1. The molecule has 3 rings (SSSR count). The lowest BCUT2D eigenvalue weighted by molar-refractivity contribution is -0.885. The van der Waals surface area contributed by atoms with Crippen LogP contribution in [0.3, 0.4) is 0 Å². The lowest BCUT2D eigenvalue weighted by Gasteiger charge is -2.24. The summed E-state index contributed by atoms with van der Waals surface area (Å²) in [6.45, 7) is 2.28. The zero-order valence-corrected chi connectivity index (χ0v) is 18.2. The highest BCUT2D eigenvalue weighted by atomic mass is 16.2. The Morgan fingerprint density at radius 2 is 1.29 bits per heavy atom. The SMILES string of the molecule is CNC(=O)c1ccc(C[NH+](C)CC(=O)N(Cc2ccccc2)Cc2ccccc2)cc1. The van der Waals surface area contributed by atoms with Crippen LogP contribution >= 0.6 is 0 Å². The van der Waals surface area contributed by atoms with Crippen LogP contribution < -0.4 is 10.2 Å². The maximum atomic E-state index is 13.2. The van der Waals surface area contributed by atoms with Gasteiger partial charge >= 0.3 is 0 Å². The molecule has 5 nitrogen and oxygen atoms in total. The quantitative estimate of drug-likeness (QED) is 0.562. The molecule has 0 saturated heterocycles. The molecule has 0 fully saturated rings. The van der Waals surface area contributed by atoms with Gasteiger partial charge in [-0.3, -0.25) is 9.59 Å². The summed E-state index contributed by atoms with van der Waals surface area (Å²) in [5.41, 5.74) is 3.97. The minimum absolute atomic E-state index is 0.0973. The van der Waals surface area contributed by atoms with Crippen molar-refractivity contribution < 1.29 is 14.5 Å². The van der Waals surface area contributed by atoms with Crippen molar-refractivity contribution in [2.75, 3.05) is 20.6 Å². The van der Waals surface area contributed by atoms with Crippen molar-refractivity contribution in [2.45, 2.75) is 19.6 Å². The molecule has 1 atom stereocenters. The Labute approximate surface area is 184 Å². The van der Waals surface area contributed by atoms with E-state index in [-0.39, 0.29) is 11.8 Å². The second kappa shape index (κ2) is 11.1. The van der Waals surface area contributed by atoms with E-state index in [1.807, 2.05) is 72.6 Å². The number of nitrogens with zero attached hydrogens (tertiary/aromatic N) is 1. The Morgan fingerprint density at radius 1 is 0.774 bits per heavy atom. The first-order chi connectivity index (χ1) is 15.0. The normalized spacial score (nSPS) is 11.5. The zero-order chi connectivity index (χ0) is 22.1. The Hall–Kier alpha value is -3.44. The number of rotatable bonds is 9. The first kappa shape index (κ1) is 22.2. The van der Waals surface area contributed by atoms with Crippen LogP contribution in [0.4, 0.5) is 0 Å². The van der Waals surface area contributed by atoms with E-state index in [9.17, 15) is 9.59 Å². The highest BCUT2D eigenvalue weighted by molar-refractivity contribution is 5.93. The molecule has 0 aromatic heterocycles. The van der Waals surface area contributed by atoms with E-state index < -0.39 is 0 Å². The predicted octanol–water partition coefficient (Wildman–Crippen LogP) is 2.29. The first-order valence-corrected chi connectivity index (χ1v) is 10.5. The zero-order valence-electron chi connectivity index (χ0n) is 18.2. The molecule has 0 aliphatic rings. The number of quaternary nitrogens is 1. The summed E-state index contributed by atoms with van der Waals surface area (Å²) in [4.78, 5) is 27.9. The smallest absolute Gasteiger partial charge is 0.278 e.